The smallest absolute Gasteiger partial charge is 0.253 e. The van der Waals surface area contributed by atoms with Crippen molar-refractivity contribution >= 4 is 18.1 Å². The first kappa shape index (κ1) is 19.0. The maximum absolute atomic E-state index is 13.1. The number of allylic oxidation sites excluding steroid dienone is 1. The van der Waals surface area contributed by atoms with Crippen molar-refractivity contribution < 1.29 is 9.18 Å². The quantitative estimate of drug-likeness (QED) is 0.551. The molecule has 1 saturated carbocycles. The number of carbonyl (C=O) groups excluding carboxylic acids is 1. The number of piperazine rings is 1. The SMILES string of the molecule is C=CCn1c(C2CC2)nn(CN2CCN(C(=O)c3ccc(F)cc3)CC2)c1=S. The van der Waals surface area contributed by atoms with Crippen molar-refractivity contribution in [3.8, 4) is 0 Å². The standard InChI is InChI=1S/C20H24FN5OS/c1-2-9-25-18(15-3-4-15)22-26(20(25)28)14-23-10-12-24(13-11-23)19(27)16-5-7-17(21)8-6-16/h2,5-8,15H,1,3-4,9-14H2. The second kappa shape index (κ2) is 7.97. The zero-order chi connectivity index (χ0) is 19.7. The highest BCUT2D eigenvalue weighted by Gasteiger charge is 2.30. The predicted octanol–water partition coefficient (Wildman–Crippen LogP) is 3.03. The van der Waals surface area contributed by atoms with E-state index in [1.54, 1.807) is 0 Å². The fraction of sp³-hybridized carbons (Fsp3) is 0.450. The van der Waals surface area contributed by atoms with Gasteiger partial charge in [0.15, 0.2) is 4.77 Å². The largest absolute Gasteiger partial charge is 0.336 e. The van der Waals surface area contributed by atoms with E-state index in [4.69, 9.17) is 17.3 Å². The number of rotatable bonds is 6. The van der Waals surface area contributed by atoms with E-state index < -0.39 is 0 Å². The molecule has 0 unspecified atom stereocenters. The molecule has 0 N–H and O–H groups in total. The van der Waals surface area contributed by atoms with Gasteiger partial charge >= 0.3 is 0 Å². The van der Waals surface area contributed by atoms with Crippen molar-refractivity contribution in [3.63, 3.8) is 0 Å². The molecule has 0 bridgehead atoms. The summed E-state index contributed by atoms with van der Waals surface area (Å²) in [7, 11) is 0. The predicted molar refractivity (Wildman–Crippen MR) is 107 cm³/mol. The Bertz CT molecular complexity index is 923. The van der Waals surface area contributed by atoms with Gasteiger partial charge in [-0.3, -0.25) is 14.3 Å². The van der Waals surface area contributed by atoms with E-state index in [0.29, 0.717) is 37.8 Å². The summed E-state index contributed by atoms with van der Waals surface area (Å²) in [5.74, 6) is 1.20. The Morgan fingerprint density at radius 1 is 1.21 bits per heavy atom. The van der Waals surface area contributed by atoms with Crippen molar-refractivity contribution in [2.75, 3.05) is 26.2 Å². The highest BCUT2D eigenvalue weighted by atomic mass is 32.1. The van der Waals surface area contributed by atoms with Gasteiger partial charge in [-0.2, -0.15) is 5.10 Å². The van der Waals surface area contributed by atoms with Crippen molar-refractivity contribution in [1.82, 2.24) is 24.1 Å². The van der Waals surface area contributed by atoms with Gasteiger partial charge in [-0.05, 0) is 49.3 Å². The molecule has 8 heteroatoms. The number of amides is 1. The van der Waals surface area contributed by atoms with Crippen LogP contribution < -0.4 is 0 Å². The van der Waals surface area contributed by atoms with Crippen LogP contribution in [0.4, 0.5) is 4.39 Å². The summed E-state index contributed by atoms with van der Waals surface area (Å²) in [4.78, 5) is 16.6. The molecule has 6 nitrogen and oxygen atoms in total. The number of halogens is 1. The molecule has 28 heavy (non-hydrogen) atoms. The molecular weight excluding hydrogens is 377 g/mol. The second-order valence-corrected chi connectivity index (χ2v) is 7.74. The van der Waals surface area contributed by atoms with Gasteiger partial charge < -0.3 is 4.90 Å². The fourth-order valence-electron chi connectivity index (χ4n) is 3.55. The summed E-state index contributed by atoms with van der Waals surface area (Å²) < 4.78 is 17.8. The Kier molecular flexibility index (Phi) is 5.41. The third-order valence-electron chi connectivity index (χ3n) is 5.29. The van der Waals surface area contributed by atoms with E-state index in [-0.39, 0.29) is 11.7 Å². The summed E-state index contributed by atoms with van der Waals surface area (Å²) in [5, 5.41) is 4.76. The van der Waals surface area contributed by atoms with Crippen molar-refractivity contribution in [3.05, 3.63) is 58.9 Å². The third kappa shape index (κ3) is 3.93. The molecule has 1 amide bonds. The second-order valence-electron chi connectivity index (χ2n) is 7.37. The van der Waals surface area contributed by atoms with Gasteiger partial charge in [0.1, 0.15) is 11.6 Å². The molecule has 1 aromatic carbocycles. The lowest BCUT2D eigenvalue weighted by Gasteiger charge is -2.34. The van der Waals surface area contributed by atoms with E-state index in [1.165, 1.54) is 37.1 Å². The van der Waals surface area contributed by atoms with Gasteiger partial charge in [-0.25, -0.2) is 9.07 Å². The fourth-order valence-corrected chi connectivity index (χ4v) is 3.82. The Balaban J connectivity index is 1.39. The first-order chi connectivity index (χ1) is 13.6. The Labute approximate surface area is 168 Å². The number of aromatic nitrogens is 3. The van der Waals surface area contributed by atoms with Gasteiger partial charge in [-0.15, -0.1) is 6.58 Å². The van der Waals surface area contributed by atoms with Crippen LogP contribution in [0.15, 0.2) is 36.9 Å². The highest BCUT2D eigenvalue weighted by molar-refractivity contribution is 7.71. The number of benzene rings is 1. The van der Waals surface area contributed by atoms with Gasteiger partial charge in [-0.1, -0.05) is 6.08 Å². The maximum atomic E-state index is 13.1. The zero-order valence-electron chi connectivity index (χ0n) is 15.8. The van der Waals surface area contributed by atoms with Crippen LogP contribution in [0.1, 0.15) is 34.9 Å². The summed E-state index contributed by atoms with van der Waals surface area (Å²) in [5.41, 5.74) is 0.523. The van der Waals surface area contributed by atoms with Gasteiger partial charge in [0.25, 0.3) is 5.91 Å². The summed E-state index contributed by atoms with van der Waals surface area (Å²) in [6.07, 6.45) is 4.20. The van der Waals surface area contributed by atoms with E-state index in [0.717, 1.165) is 23.7 Å². The first-order valence-corrected chi connectivity index (χ1v) is 10.0. The van der Waals surface area contributed by atoms with Crippen LogP contribution in [0.5, 0.6) is 0 Å². The highest BCUT2D eigenvalue weighted by Crippen LogP contribution is 2.39. The molecule has 0 spiro atoms. The molecule has 0 atom stereocenters. The molecule has 1 aromatic heterocycles. The topological polar surface area (TPSA) is 46.3 Å². The van der Waals surface area contributed by atoms with Crippen molar-refractivity contribution in [2.45, 2.75) is 32.0 Å². The summed E-state index contributed by atoms with van der Waals surface area (Å²) in [6.45, 7) is 7.90. The molecule has 4 rings (SSSR count). The normalized spacial score (nSPS) is 17.7. The van der Waals surface area contributed by atoms with E-state index in [1.807, 2.05) is 15.7 Å². The van der Waals surface area contributed by atoms with Crippen molar-refractivity contribution in [1.29, 1.82) is 0 Å². The Morgan fingerprint density at radius 3 is 2.50 bits per heavy atom. The number of nitrogens with zero attached hydrogens (tertiary/aromatic N) is 5. The van der Waals surface area contributed by atoms with Crippen LogP contribution in [0, 0.1) is 10.6 Å². The lowest BCUT2D eigenvalue weighted by atomic mass is 10.2. The third-order valence-corrected chi connectivity index (χ3v) is 5.72. The van der Waals surface area contributed by atoms with Gasteiger partial charge in [0.05, 0.1) is 6.67 Å². The average Bonchev–Trinajstić information content (AvgIpc) is 3.50. The molecule has 2 fully saturated rings. The van der Waals surface area contributed by atoms with Crippen LogP contribution in [-0.2, 0) is 13.2 Å². The number of carbonyl (C=O) groups is 1. The number of hydrogen-bond donors (Lipinski definition) is 0. The lowest BCUT2D eigenvalue weighted by molar-refractivity contribution is 0.0585. The van der Waals surface area contributed by atoms with E-state index in [9.17, 15) is 9.18 Å². The molecule has 0 radical (unpaired) electrons. The molecule has 1 saturated heterocycles. The Hall–Kier alpha value is -2.32. The van der Waals surface area contributed by atoms with Crippen LogP contribution >= 0.6 is 12.2 Å². The van der Waals surface area contributed by atoms with Crippen LogP contribution in [0.3, 0.4) is 0 Å². The minimum atomic E-state index is -0.334. The van der Waals surface area contributed by atoms with Crippen molar-refractivity contribution in [2.24, 2.45) is 0 Å². The zero-order valence-corrected chi connectivity index (χ0v) is 16.6. The summed E-state index contributed by atoms with van der Waals surface area (Å²) >= 11 is 5.63. The van der Waals surface area contributed by atoms with Gasteiger partial charge in [0.2, 0.25) is 0 Å². The van der Waals surface area contributed by atoms with E-state index in [2.05, 4.69) is 16.0 Å². The molecule has 1 aliphatic carbocycles. The molecule has 1 aliphatic heterocycles. The molecule has 2 aromatic rings. The average molecular weight is 402 g/mol. The lowest BCUT2D eigenvalue weighted by Crippen LogP contribution is -2.49. The van der Waals surface area contributed by atoms with Crippen LogP contribution in [0.2, 0.25) is 0 Å². The van der Waals surface area contributed by atoms with E-state index >= 15 is 0 Å². The number of hydrogen-bond acceptors (Lipinski definition) is 4. The van der Waals surface area contributed by atoms with Crippen LogP contribution in [0.25, 0.3) is 0 Å². The molecule has 2 heterocycles. The monoisotopic (exact) mass is 401 g/mol. The minimum Gasteiger partial charge on any atom is -0.336 e. The van der Waals surface area contributed by atoms with Crippen LogP contribution in [-0.4, -0.2) is 56.2 Å². The summed E-state index contributed by atoms with van der Waals surface area (Å²) in [6, 6.07) is 5.72. The Morgan fingerprint density at radius 2 is 1.89 bits per heavy atom. The van der Waals surface area contributed by atoms with Gasteiger partial charge in [0, 0.05) is 44.2 Å². The molecular formula is C20H24FN5OS. The molecule has 148 valence electrons. The minimum absolute atomic E-state index is 0.0532. The maximum Gasteiger partial charge on any atom is 0.253 e. The first-order valence-electron chi connectivity index (χ1n) is 9.62. The molecule has 2 aliphatic rings.